The van der Waals surface area contributed by atoms with Gasteiger partial charge >= 0.3 is 0 Å². The summed E-state index contributed by atoms with van der Waals surface area (Å²) in [6.45, 7) is 3.33. The lowest BCUT2D eigenvalue weighted by Gasteiger charge is -2.06. The minimum atomic E-state index is -3.43. The maximum Gasteiger partial charge on any atom is 0.240 e. The number of halogens is 1. The smallest absolute Gasteiger partial charge is 0.240 e. The van der Waals surface area contributed by atoms with Crippen LogP contribution in [0, 0.1) is 0 Å². The lowest BCUT2D eigenvalue weighted by Crippen LogP contribution is -2.32. The highest BCUT2D eigenvalue weighted by Crippen LogP contribution is 2.11. The van der Waals surface area contributed by atoms with E-state index in [-0.39, 0.29) is 28.9 Å². The van der Waals surface area contributed by atoms with Crippen LogP contribution in [0.25, 0.3) is 0 Å². The SMILES string of the molecule is CCCCCCNC(N)=NCc1cccc(S(=O)(=O)NC)c1.I. The minimum Gasteiger partial charge on any atom is -0.370 e. The summed E-state index contributed by atoms with van der Waals surface area (Å²) in [5.74, 6) is 0.387. The van der Waals surface area contributed by atoms with Gasteiger partial charge in [-0.05, 0) is 31.2 Å². The molecule has 0 unspecified atom stereocenters. The number of unbranched alkanes of at least 4 members (excludes halogenated alkanes) is 3. The van der Waals surface area contributed by atoms with Crippen LogP contribution in [0.2, 0.25) is 0 Å². The molecule has 0 amide bonds. The van der Waals surface area contributed by atoms with Crippen LogP contribution in [0.1, 0.15) is 38.2 Å². The predicted octanol–water partition coefficient (Wildman–Crippen LogP) is 2.20. The Bertz CT molecular complexity index is 591. The van der Waals surface area contributed by atoms with E-state index in [9.17, 15) is 8.42 Å². The molecule has 0 aliphatic heterocycles. The summed E-state index contributed by atoms with van der Waals surface area (Å²) in [7, 11) is -2.04. The first kappa shape index (κ1) is 22.1. The molecule has 0 atom stereocenters. The summed E-state index contributed by atoms with van der Waals surface area (Å²) in [6, 6.07) is 6.67. The molecule has 0 heterocycles. The number of nitrogens with one attached hydrogen (secondary N) is 2. The van der Waals surface area contributed by atoms with E-state index in [0.29, 0.717) is 12.5 Å². The number of nitrogens with two attached hydrogens (primary N) is 1. The average Bonchev–Trinajstić information content (AvgIpc) is 2.53. The second kappa shape index (κ2) is 11.6. The van der Waals surface area contributed by atoms with E-state index in [0.717, 1.165) is 18.5 Å². The van der Waals surface area contributed by atoms with E-state index >= 15 is 0 Å². The van der Waals surface area contributed by atoms with Crippen molar-refractivity contribution < 1.29 is 8.42 Å². The Morgan fingerprint density at radius 2 is 2.00 bits per heavy atom. The van der Waals surface area contributed by atoms with Crippen molar-refractivity contribution >= 4 is 40.0 Å². The molecule has 0 fully saturated rings. The zero-order valence-corrected chi connectivity index (χ0v) is 16.9. The van der Waals surface area contributed by atoms with Gasteiger partial charge in [-0.3, -0.25) is 0 Å². The summed E-state index contributed by atoms with van der Waals surface area (Å²) in [5, 5.41) is 3.06. The van der Waals surface area contributed by atoms with Crippen LogP contribution in [0.3, 0.4) is 0 Å². The monoisotopic (exact) mass is 454 g/mol. The van der Waals surface area contributed by atoms with Gasteiger partial charge in [-0.2, -0.15) is 0 Å². The van der Waals surface area contributed by atoms with Crippen molar-refractivity contribution in [3.8, 4) is 0 Å². The molecule has 0 saturated heterocycles. The molecule has 1 aromatic rings. The summed E-state index contributed by atoms with van der Waals surface area (Å²) < 4.78 is 25.8. The van der Waals surface area contributed by atoms with Crippen molar-refractivity contribution in [3.63, 3.8) is 0 Å². The molecule has 0 bridgehead atoms. The van der Waals surface area contributed by atoms with Crippen molar-refractivity contribution in [2.24, 2.45) is 10.7 Å². The largest absolute Gasteiger partial charge is 0.370 e. The number of hydrogen-bond acceptors (Lipinski definition) is 3. The second-order valence-corrected chi connectivity index (χ2v) is 6.93. The lowest BCUT2D eigenvalue weighted by molar-refractivity contribution is 0.588. The Morgan fingerprint density at radius 1 is 1.26 bits per heavy atom. The van der Waals surface area contributed by atoms with Crippen LogP contribution in [0.15, 0.2) is 34.2 Å². The first-order chi connectivity index (χ1) is 10.5. The molecule has 6 nitrogen and oxygen atoms in total. The number of hydrogen-bond donors (Lipinski definition) is 3. The Balaban J connectivity index is 0.00000484. The quantitative estimate of drug-likeness (QED) is 0.231. The zero-order chi connectivity index (χ0) is 16.4. The van der Waals surface area contributed by atoms with Gasteiger partial charge in [-0.25, -0.2) is 18.1 Å². The zero-order valence-electron chi connectivity index (χ0n) is 13.7. The van der Waals surface area contributed by atoms with Crippen LogP contribution in [0.5, 0.6) is 0 Å². The maximum atomic E-state index is 11.7. The molecule has 4 N–H and O–H groups in total. The van der Waals surface area contributed by atoms with Gasteiger partial charge in [0.25, 0.3) is 0 Å². The second-order valence-electron chi connectivity index (χ2n) is 5.04. The fourth-order valence-corrected chi connectivity index (χ4v) is 2.73. The Kier molecular flexibility index (Phi) is 11.2. The van der Waals surface area contributed by atoms with Crippen molar-refractivity contribution in [3.05, 3.63) is 29.8 Å². The molecule has 0 radical (unpaired) electrons. The van der Waals surface area contributed by atoms with Crippen LogP contribution in [0.4, 0.5) is 0 Å². The molecule has 0 aliphatic carbocycles. The van der Waals surface area contributed by atoms with E-state index in [1.165, 1.54) is 26.3 Å². The van der Waals surface area contributed by atoms with Crippen LogP contribution in [-0.4, -0.2) is 28.0 Å². The summed E-state index contributed by atoms with van der Waals surface area (Å²) in [4.78, 5) is 4.46. The third-order valence-corrected chi connectivity index (χ3v) is 4.66. The third kappa shape index (κ3) is 8.52. The number of benzene rings is 1. The molecule has 23 heavy (non-hydrogen) atoms. The highest BCUT2D eigenvalue weighted by atomic mass is 127. The summed E-state index contributed by atoms with van der Waals surface area (Å²) in [6.07, 6.45) is 4.68. The molecule has 8 heteroatoms. The van der Waals surface area contributed by atoms with Gasteiger partial charge in [0.15, 0.2) is 5.96 Å². The predicted molar refractivity (Wildman–Crippen MR) is 106 cm³/mol. The van der Waals surface area contributed by atoms with E-state index in [2.05, 4.69) is 22.0 Å². The molecule has 0 aromatic heterocycles. The number of rotatable bonds is 9. The van der Waals surface area contributed by atoms with E-state index in [1.54, 1.807) is 18.2 Å². The van der Waals surface area contributed by atoms with Crippen LogP contribution in [-0.2, 0) is 16.6 Å². The van der Waals surface area contributed by atoms with Gasteiger partial charge in [0.2, 0.25) is 10.0 Å². The van der Waals surface area contributed by atoms with Gasteiger partial charge in [0, 0.05) is 6.54 Å². The molecular weight excluding hydrogens is 427 g/mol. The molecule has 1 rings (SSSR count). The normalized spacial score (nSPS) is 11.8. The van der Waals surface area contributed by atoms with Crippen LogP contribution < -0.4 is 15.8 Å². The number of aliphatic imine (C=N–C) groups is 1. The molecule has 0 spiro atoms. The van der Waals surface area contributed by atoms with Crippen LogP contribution >= 0.6 is 24.0 Å². The fraction of sp³-hybridized carbons (Fsp3) is 0.533. The Hall–Kier alpha value is -0.870. The van der Waals surface area contributed by atoms with E-state index < -0.39 is 10.0 Å². The van der Waals surface area contributed by atoms with E-state index in [4.69, 9.17) is 5.73 Å². The summed E-state index contributed by atoms with van der Waals surface area (Å²) >= 11 is 0. The first-order valence-electron chi connectivity index (χ1n) is 7.56. The average molecular weight is 454 g/mol. The molecule has 1 aromatic carbocycles. The fourth-order valence-electron chi connectivity index (χ4n) is 1.93. The standard InChI is InChI=1S/C15H26N4O2S.HI/c1-3-4-5-6-10-18-15(16)19-12-13-8-7-9-14(11-13)22(20,21)17-2;/h7-9,11,17H,3-6,10,12H2,1-2H3,(H3,16,18,19);1H. The minimum absolute atomic E-state index is 0. The summed E-state index contributed by atoms with van der Waals surface area (Å²) in [5.41, 5.74) is 6.59. The van der Waals surface area contributed by atoms with Crippen molar-refractivity contribution in [2.45, 2.75) is 44.0 Å². The lowest BCUT2D eigenvalue weighted by atomic mass is 10.2. The van der Waals surface area contributed by atoms with Crippen molar-refractivity contribution in [1.29, 1.82) is 0 Å². The molecule has 132 valence electrons. The number of guanidine groups is 1. The number of nitrogens with zero attached hydrogens (tertiary/aromatic N) is 1. The van der Waals surface area contributed by atoms with Gasteiger partial charge < -0.3 is 11.1 Å². The van der Waals surface area contributed by atoms with Crippen molar-refractivity contribution in [1.82, 2.24) is 10.0 Å². The Morgan fingerprint density at radius 3 is 2.65 bits per heavy atom. The molecule has 0 aliphatic rings. The van der Waals surface area contributed by atoms with Gasteiger partial charge in [-0.1, -0.05) is 38.3 Å². The first-order valence-corrected chi connectivity index (χ1v) is 9.04. The van der Waals surface area contributed by atoms with Gasteiger partial charge in [0.1, 0.15) is 0 Å². The highest BCUT2D eigenvalue weighted by molar-refractivity contribution is 14.0. The highest BCUT2D eigenvalue weighted by Gasteiger charge is 2.10. The topological polar surface area (TPSA) is 96.6 Å². The van der Waals surface area contributed by atoms with Gasteiger partial charge in [-0.15, -0.1) is 24.0 Å². The van der Waals surface area contributed by atoms with Crippen molar-refractivity contribution in [2.75, 3.05) is 13.6 Å². The molecule has 0 saturated carbocycles. The Labute approximate surface area is 156 Å². The third-order valence-electron chi connectivity index (χ3n) is 3.25. The number of sulfonamides is 1. The molecular formula is C15H27IN4O2S. The van der Waals surface area contributed by atoms with Gasteiger partial charge in [0.05, 0.1) is 11.4 Å². The maximum absolute atomic E-state index is 11.7. The van der Waals surface area contributed by atoms with E-state index in [1.807, 2.05) is 6.07 Å².